The number of nitrogens with one attached hydrogen (secondary N) is 1. The first kappa shape index (κ1) is 32.2. The number of aromatic nitrogens is 3. The van der Waals surface area contributed by atoms with Crippen LogP contribution in [0.25, 0.3) is 17.1 Å². The van der Waals surface area contributed by atoms with E-state index in [0.29, 0.717) is 34.1 Å². The molecule has 0 spiro atoms. The van der Waals surface area contributed by atoms with Crippen LogP contribution in [0.2, 0.25) is 0 Å². The quantitative estimate of drug-likeness (QED) is 0.211. The maximum atomic E-state index is 12.9. The first-order valence-electron chi connectivity index (χ1n) is 14.1. The van der Waals surface area contributed by atoms with E-state index in [-0.39, 0.29) is 23.0 Å². The van der Waals surface area contributed by atoms with Crippen molar-refractivity contribution in [3.05, 3.63) is 90.3 Å². The molecule has 8 nitrogen and oxygen atoms in total. The Morgan fingerprint density at radius 3 is 2.42 bits per heavy atom. The van der Waals surface area contributed by atoms with E-state index in [4.69, 9.17) is 12.2 Å². The van der Waals surface area contributed by atoms with Crippen LogP contribution in [0.5, 0.6) is 5.75 Å². The summed E-state index contributed by atoms with van der Waals surface area (Å²) in [5.74, 6) is 0.533. The Kier molecular flexibility index (Phi) is 9.31. The van der Waals surface area contributed by atoms with Gasteiger partial charge in [0.1, 0.15) is 12.1 Å². The molecule has 1 aliphatic heterocycles. The molecule has 1 unspecified atom stereocenters. The maximum Gasteiger partial charge on any atom is 0.573 e. The van der Waals surface area contributed by atoms with Crippen molar-refractivity contribution in [2.75, 3.05) is 17.2 Å². The maximum absolute atomic E-state index is 12.9. The molecule has 0 saturated carbocycles. The van der Waals surface area contributed by atoms with Gasteiger partial charge in [-0.15, -0.1) is 18.3 Å². The number of hydrogen-bond donors (Lipinski definition) is 1. The molecular formula is C32H31F3N6O2S2. The molecule has 1 aliphatic rings. The third kappa shape index (κ3) is 7.90. The van der Waals surface area contributed by atoms with Crippen LogP contribution < -0.4 is 15.0 Å². The number of amidine groups is 1. The molecule has 1 amide bonds. The first-order chi connectivity index (χ1) is 21.3. The van der Waals surface area contributed by atoms with Crippen LogP contribution in [0.4, 0.5) is 18.9 Å². The van der Waals surface area contributed by atoms with E-state index in [0.717, 1.165) is 22.4 Å². The van der Waals surface area contributed by atoms with Gasteiger partial charge in [-0.3, -0.25) is 9.69 Å². The first-order valence-corrected chi connectivity index (χ1v) is 15.5. The standard InChI is InChI=1S/C32H31F3N6O2S2/c1-20(17-36-29(44)38-30-41(27(42)18-45-30)26-8-6-5-7-25(26)31(2,3)4)21-9-11-22(12-10-21)28-37-19-40(39-28)23-13-15-24(16-14-23)43-32(33,34)35/h5-16,19-20H,17-18H2,1-4H3,(H,36,44)/b38-30-. The fourth-order valence-corrected chi connectivity index (χ4v) is 5.84. The monoisotopic (exact) mass is 652 g/mol. The van der Waals surface area contributed by atoms with Crippen LogP contribution in [0.15, 0.2) is 84.1 Å². The Balaban J connectivity index is 1.20. The lowest BCUT2D eigenvalue weighted by Gasteiger charge is -2.27. The zero-order chi connectivity index (χ0) is 32.4. The number of rotatable bonds is 7. The van der Waals surface area contributed by atoms with Gasteiger partial charge in [-0.2, -0.15) is 4.99 Å². The molecule has 0 aliphatic carbocycles. The highest BCUT2D eigenvalue weighted by atomic mass is 32.2. The minimum atomic E-state index is -4.75. The number of benzene rings is 3. The Labute approximate surface area is 268 Å². The lowest BCUT2D eigenvalue weighted by molar-refractivity contribution is -0.274. The summed E-state index contributed by atoms with van der Waals surface area (Å²) in [6.45, 7) is 8.94. The average Bonchev–Trinajstić information content (AvgIpc) is 3.62. The normalized spacial score (nSPS) is 15.4. The number of alkyl halides is 3. The summed E-state index contributed by atoms with van der Waals surface area (Å²) in [6, 6.07) is 21.0. The van der Waals surface area contributed by atoms with E-state index >= 15 is 0 Å². The van der Waals surface area contributed by atoms with Crippen LogP contribution in [0.3, 0.4) is 0 Å². The SMILES string of the molecule is CC(CNC(=S)/N=C1\SCC(=O)N1c1ccccc1C(C)(C)C)c1ccc(-c2ncn(-c3ccc(OC(F)(F)F)cc3)n2)cc1. The largest absolute Gasteiger partial charge is 0.573 e. The Morgan fingerprint density at radius 1 is 1.07 bits per heavy atom. The minimum absolute atomic E-state index is 0.0283. The molecule has 1 saturated heterocycles. The predicted molar refractivity (Wildman–Crippen MR) is 175 cm³/mol. The number of thiocarbonyl (C=S) groups is 1. The number of amides is 1. The third-order valence-corrected chi connectivity index (χ3v) is 8.20. The van der Waals surface area contributed by atoms with E-state index in [1.54, 1.807) is 4.90 Å². The predicted octanol–water partition coefficient (Wildman–Crippen LogP) is 7.24. The molecule has 234 valence electrons. The van der Waals surface area contributed by atoms with Gasteiger partial charge in [0, 0.05) is 12.1 Å². The summed E-state index contributed by atoms with van der Waals surface area (Å²) in [6.07, 6.45) is -3.25. The van der Waals surface area contributed by atoms with Crippen LogP contribution >= 0.6 is 24.0 Å². The van der Waals surface area contributed by atoms with Crippen molar-refractivity contribution in [2.24, 2.45) is 4.99 Å². The summed E-state index contributed by atoms with van der Waals surface area (Å²) in [5.41, 5.74) is 4.12. The van der Waals surface area contributed by atoms with Crippen molar-refractivity contribution in [3.63, 3.8) is 0 Å². The van der Waals surface area contributed by atoms with E-state index < -0.39 is 6.36 Å². The molecule has 0 radical (unpaired) electrons. The Hall–Kier alpha value is -4.23. The minimum Gasteiger partial charge on any atom is -0.406 e. The van der Waals surface area contributed by atoms with Gasteiger partial charge in [-0.25, -0.2) is 9.67 Å². The summed E-state index contributed by atoms with van der Waals surface area (Å²) in [5, 5.41) is 8.54. The number of carbonyl (C=O) groups excluding carboxylic acids is 1. The van der Waals surface area contributed by atoms with Gasteiger partial charge in [0.2, 0.25) is 5.91 Å². The Morgan fingerprint density at radius 2 is 1.76 bits per heavy atom. The highest BCUT2D eigenvalue weighted by Gasteiger charge is 2.33. The fraction of sp³-hybridized carbons (Fsp3) is 0.281. The number of hydrogen-bond acceptors (Lipinski definition) is 6. The number of anilines is 1. The number of ether oxygens (including phenoxy) is 1. The number of thioether (sulfide) groups is 1. The molecule has 1 N–H and O–H groups in total. The van der Waals surface area contributed by atoms with Crippen LogP contribution in [-0.2, 0) is 10.2 Å². The van der Waals surface area contributed by atoms with Crippen LogP contribution in [-0.4, -0.2) is 49.6 Å². The number of nitrogens with zero attached hydrogens (tertiary/aromatic N) is 5. The van der Waals surface area contributed by atoms with Crippen molar-refractivity contribution >= 4 is 45.9 Å². The summed E-state index contributed by atoms with van der Waals surface area (Å²) >= 11 is 6.91. The van der Waals surface area contributed by atoms with Gasteiger partial charge >= 0.3 is 6.36 Å². The lowest BCUT2D eigenvalue weighted by Crippen LogP contribution is -2.33. The lowest BCUT2D eigenvalue weighted by atomic mass is 9.85. The summed E-state index contributed by atoms with van der Waals surface area (Å²) < 4.78 is 42.7. The molecule has 5 rings (SSSR count). The average molecular weight is 653 g/mol. The second-order valence-electron chi connectivity index (χ2n) is 11.4. The van der Waals surface area contributed by atoms with Crippen molar-refractivity contribution in [2.45, 2.75) is 45.4 Å². The molecule has 1 fully saturated rings. The number of halogens is 3. The zero-order valence-electron chi connectivity index (χ0n) is 25.0. The third-order valence-electron chi connectivity index (χ3n) is 7.04. The second-order valence-corrected chi connectivity index (χ2v) is 12.8. The molecule has 1 atom stereocenters. The van der Waals surface area contributed by atoms with E-state index in [9.17, 15) is 18.0 Å². The van der Waals surface area contributed by atoms with E-state index in [1.165, 1.54) is 47.0 Å². The fourth-order valence-electron chi connectivity index (χ4n) is 4.75. The van der Waals surface area contributed by atoms with Gasteiger partial charge < -0.3 is 10.1 Å². The van der Waals surface area contributed by atoms with Gasteiger partial charge in [0.15, 0.2) is 16.1 Å². The van der Waals surface area contributed by atoms with E-state index in [2.05, 4.69) is 52.8 Å². The molecule has 13 heteroatoms. The molecule has 1 aromatic heterocycles. The molecule has 2 heterocycles. The van der Waals surface area contributed by atoms with E-state index in [1.807, 2.05) is 48.5 Å². The van der Waals surface area contributed by atoms with Crippen LogP contribution in [0, 0.1) is 0 Å². The van der Waals surface area contributed by atoms with Gasteiger partial charge in [-0.1, -0.05) is 81.9 Å². The van der Waals surface area contributed by atoms with Crippen molar-refractivity contribution in [3.8, 4) is 22.8 Å². The molecule has 3 aromatic carbocycles. The number of para-hydroxylation sites is 1. The highest BCUT2D eigenvalue weighted by Crippen LogP contribution is 2.36. The number of carbonyl (C=O) groups is 1. The van der Waals surface area contributed by atoms with Gasteiger partial charge in [0.05, 0.1) is 17.1 Å². The van der Waals surface area contributed by atoms with Crippen molar-refractivity contribution < 1.29 is 22.7 Å². The number of aliphatic imine (C=N–C) groups is 1. The molecule has 0 bridgehead atoms. The van der Waals surface area contributed by atoms with Gasteiger partial charge in [0.25, 0.3) is 0 Å². The van der Waals surface area contributed by atoms with Crippen molar-refractivity contribution in [1.82, 2.24) is 20.1 Å². The smallest absolute Gasteiger partial charge is 0.406 e. The summed E-state index contributed by atoms with van der Waals surface area (Å²) in [7, 11) is 0. The van der Waals surface area contributed by atoms with Crippen molar-refractivity contribution in [1.29, 1.82) is 0 Å². The topological polar surface area (TPSA) is 84.6 Å². The highest BCUT2D eigenvalue weighted by molar-refractivity contribution is 8.15. The van der Waals surface area contributed by atoms with Crippen LogP contribution in [0.1, 0.15) is 44.7 Å². The Bertz CT molecular complexity index is 1710. The zero-order valence-corrected chi connectivity index (χ0v) is 26.6. The summed E-state index contributed by atoms with van der Waals surface area (Å²) in [4.78, 5) is 23.5. The second kappa shape index (κ2) is 13.0. The molecule has 4 aromatic rings. The molecule has 45 heavy (non-hydrogen) atoms. The van der Waals surface area contributed by atoms with Gasteiger partial charge in [-0.05, 0) is 65.0 Å². The molecular weight excluding hydrogens is 622 g/mol.